The second-order valence-corrected chi connectivity index (χ2v) is 8.51. The number of sulfonamides is 1. The van der Waals surface area contributed by atoms with E-state index in [9.17, 15) is 8.42 Å². The lowest BCUT2D eigenvalue weighted by Gasteiger charge is -2.14. The second kappa shape index (κ2) is 6.01. The molecule has 1 saturated carbocycles. The van der Waals surface area contributed by atoms with Crippen molar-refractivity contribution in [1.82, 2.24) is 4.72 Å². The van der Waals surface area contributed by atoms with Gasteiger partial charge in [-0.15, -0.1) is 0 Å². The Morgan fingerprint density at radius 2 is 2.10 bits per heavy atom. The van der Waals surface area contributed by atoms with Crippen LogP contribution in [0.3, 0.4) is 0 Å². The smallest absolute Gasteiger partial charge is 0.215 e. The molecule has 0 aliphatic heterocycles. The Bertz CT molecular complexity index is 610. The topological polar surface area (TPSA) is 72.2 Å². The number of hydrogen-bond acceptors (Lipinski definition) is 4. The van der Waals surface area contributed by atoms with Crippen LogP contribution in [0.4, 0.5) is 0 Å². The van der Waals surface area contributed by atoms with Crippen molar-refractivity contribution in [2.45, 2.75) is 23.3 Å². The number of thiocarbonyl (C=S) groups is 1. The highest BCUT2D eigenvalue weighted by atomic mass is 32.2. The van der Waals surface area contributed by atoms with Crippen molar-refractivity contribution >= 4 is 39.0 Å². The van der Waals surface area contributed by atoms with E-state index in [0.29, 0.717) is 17.7 Å². The minimum Gasteiger partial charge on any atom is -0.389 e. The highest BCUT2D eigenvalue weighted by Crippen LogP contribution is 2.46. The molecule has 2 rings (SSSR count). The van der Waals surface area contributed by atoms with Gasteiger partial charge in [-0.1, -0.05) is 36.5 Å². The molecular weight excluding hydrogens is 312 g/mol. The number of hydrogen-bond donors (Lipinski definition) is 2. The van der Waals surface area contributed by atoms with Crippen molar-refractivity contribution in [2.75, 3.05) is 12.8 Å². The summed E-state index contributed by atoms with van der Waals surface area (Å²) in [6.07, 6.45) is 4.16. The van der Waals surface area contributed by atoms with Crippen molar-refractivity contribution in [2.24, 2.45) is 5.73 Å². The number of rotatable bonds is 7. The minimum absolute atomic E-state index is 0.0923. The molecule has 7 heteroatoms. The number of thioether (sulfide) groups is 1. The van der Waals surface area contributed by atoms with Gasteiger partial charge in [0.2, 0.25) is 10.0 Å². The number of nitrogens with one attached hydrogen (secondary N) is 1. The third-order valence-corrected chi connectivity index (χ3v) is 6.40. The average Bonchev–Trinajstić information content (AvgIpc) is 3.17. The Morgan fingerprint density at radius 3 is 2.65 bits per heavy atom. The molecule has 0 saturated heterocycles. The lowest BCUT2D eigenvalue weighted by Crippen LogP contribution is -2.33. The first-order valence-corrected chi connectivity index (χ1v) is 9.56. The van der Waals surface area contributed by atoms with E-state index in [-0.39, 0.29) is 15.5 Å². The van der Waals surface area contributed by atoms with Crippen LogP contribution in [0.1, 0.15) is 24.0 Å². The molecular formula is C13H18N2O2S3. The summed E-state index contributed by atoms with van der Waals surface area (Å²) in [4.78, 5) is 0.221. The summed E-state index contributed by atoms with van der Waals surface area (Å²) >= 11 is 6.68. The Balaban J connectivity index is 2.07. The van der Waals surface area contributed by atoms with Gasteiger partial charge in [0.1, 0.15) is 4.99 Å². The van der Waals surface area contributed by atoms with Crippen LogP contribution in [-0.2, 0) is 15.8 Å². The van der Waals surface area contributed by atoms with Crippen LogP contribution in [0.2, 0.25) is 0 Å². The average molecular weight is 331 g/mol. The molecule has 0 aromatic heterocycles. The van der Waals surface area contributed by atoms with Crippen molar-refractivity contribution in [3.05, 3.63) is 35.4 Å². The predicted molar refractivity (Wildman–Crippen MR) is 88.4 cm³/mol. The molecule has 20 heavy (non-hydrogen) atoms. The van der Waals surface area contributed by atoms with Gasteiger partial charge >= 0.3 is 0 Å². The SMILES string of the molecule is CSC1(CNS(=O)(=O)Cc2ccccc2C(N)=S)CC1. The van der Waals surface area contributed by atoms with E-state index in [1.807, 2.05) is 6.26 Å². The summed E-state index contributed by atoms with van der Waals surface area (Å²) in [6, 6.07) is 7.08. The maximum absolute atomic E-state index is 12.2. The van der Waals surface area contributed by atoms with Crippen LogP contribution in [0.15, 0.2) is 24.3 Å². The van der Waals surface area contributed by atoms with Gasteiger partial charge in [0.25, 0.3) is 0 Å². The van der Waals surface area contributed by atoms with Crippen molar-refractivity contribution in [1.29, 1.82) is 0 Å². The first-order chi connectivity index (χ1) is 9.37. The van der Waals surface area contributed by atoms with Crippen molar-refractivity contribution in [3.8, 4) is 0 Å². The van der Waals surface area contributed by atoms with Crippen LogP contribution in [0.5, 0.6) is 0 Å². The summed E-state index contributed by atoms with van der Waals surface area (Å²) in [6.45, 7) is 0.492. The molecule has 0 amide bonds. The van der Waals surface area contributed by atoms with Crippen molar-refractivity contribution < 1.29 is 8.42 Å². The molecule has 1 fully saturated rings. The zero-order valence-electron chi connectivity index (χ0n) is 11.3. The lowest BCUT2D eigenvalue weighted by molar-refractivity contribution is 0.579. The molecule has 4 nitrogen and oxygen atoms in total. The zero-order chi connectivity index (χ0) is 14.8. The largest absolute Gasteiger partial charge is 0.389 e. The van der Waals surface area contributed by atoms with Gasteiger partial charge in [-0.05, 0) is 24.7 Å². The van der Waals surface area contributed by atoms with Crippen LogP contribution in [-0.4, -0.2) is 31.0 Å². The van der Waals surface area contributed by atoms with E-state index in [4.69, 9.17) is 18.0 Å². The van der Waals surface area contributed by atoms with Gasteiger partial charge in [-0.25, -0.2) is 13.1 Å². The van der Waals surface area contributed by atoms with Crippen LogP contribution >= 0.6 is 24.0 Å². The fourth-order valence-electron chi connectivity index (χ4n) is 1.98. The maximum atomic E-state index is 12.2. The van der Waals surface area contributed by atoms with Gasteiger partial charge in [0, 0.05) is 16.9 Å². The van der Waals surface area contributed by atoms with E-state index >= 15 is 0 Å². The second-order valence-electron chi connectivity index (χ2n) is 4.99. The predicted octanol–water partition coefficient (Wildman–Crippen LogP) is 1.64. The van der Waals surface area contributed by atoms with E-state index < -0.39 is 10.0 Å². The zero-order valence-corrected chi connectivity index (χ0v) is 13.7. The molecule has 0 heterocycles. The van der Waals surface area contributed by atoms with Crippen LogP contribution in [0, 0.1) is 0 Å². The van der Waals surface area contributed by atoms with Crippen LogP contribution in [0.25, 0.3) is 0 Å². The monoisotopic (exact) mass is 330 g/mol. The number of benzene rings is 1. The van der Waals surface area contributed by atoms with Gasteiger partial charge in [0.05, 0.1) is 5.75 Å². The van der Waals surface area contributed by atoms with E-state index in [0.717, 1.165) is 12.8 Å². The quantitative estimate of drug-likeness (QED) is 0.744. The summed E-state index contributed by atoms with van der Waals surface area (Å²) in [5.41, 5.74) is 6.89. The van der Waals surface area contributed by atoms with E-state index in [1.165, 1.54) is 0 Å². The summed E-state index contributed by atoms with van der Waals surface area (Å²) in [7, 11) is -3.37. The standard InChI is InChI=1S/C13H18N2O2S3/c1-19-13(6-7-13)9-15-20(16,17)8-10-4-2-3-5-11(10)12(14)18/h2-5,15H,6-9H2,1H3,(H2,14,18). The Kier molecular flexibility index (Phi) is 4.73. The Morgan fingerprint density at radius 1 is 1.45 bits per heavy atom. The fourth-order valence-corrected chi connectivity index (χ4v) is 4.25. The van der Waals surface area contributed by atoms with Crippen LogP contribution < -0.4 is 10.5 Å². The third-order valence-electron chi connectivity index (χ3n) is 3.48. The van der Waals surface area contributed by atoms with Crippen molar-refractivity contribution in [3.63, 3.8) is 0 Å². The Labute approximate surface area is 129 Å². The minimum atomic E-state index is -3.37. The lowest BCUT2D eigenvalue weighted by atomic mass is 10.1. The summed E-state index contributed by atoms with van der Waals surface area (Å²) in [5.74, 6) is -0.0923. The normalized spacial score (nSPS) is 16.9. The maximum Gasteiger partial charge on any atom is 0.215 e. The van der Waals surface area contributed by atoms with Gasteiger partial charge < -0.3 is 5.73 Å². The first-order valence-electron chi connectivity index (χ1n) is 6.28. The molecule has 1 aromatic rings. The molecule has 110 valence electrons. The molecule has 0 bridgehead atoms. The molecule has 3 N–H and O–H groups in total. The molecule has 0 atom stereocenters. The molecule has 1 aromatic carbocycles. The summed E-state index contributed by atoms with van der Waals surface area (Å²) < 4.78 is 27.1. The highest BCUT2D eigenvalue weighted by Gasteiger charge is 2.42. The van der Waals surface area contributed by atoms with Gasteiger partial charge in [0.15, 0.2) is 0 Å². The third kappa shape index (κ3) is 3.94. The molecule has 0 spiro atoms. The molecule has 1 aliphatic carbocycles. The fraction of sp³-hybridized carbons (Fsp3) is 0.462. The van der Waals surface area contributed by atoms with E-state index in [2.05, 4.69) is 4.72 Å². The Hall–Kier alpha value is -0.630. The number of nitrogens with two attached hydrogens (primary N) is 1. The molecule has 0 unspecified atom stereocenters. The summed E-state index contributed by atoms with van der Waals surface area (Å²) in [5, 5.41) is 0. The molecule has 1 aliphatic rings. The van der Waals surface area contributed by atoms with Gasteiger partial charge in [-0.3, -0.25) is 0 Å². The molecule has 0 radical (unpaired) electrons. The first kappa shape index (κ1) is 15.8. The highest BCUT2D eigenvalue weighted by molar-refractivity contribution is 8.00. The van der Waals surface area contributed by atoms with Gasteiger partial charge in [-0.2, -0.15) is 11.8 Å². The van der Waals surface area contributed by atoms with E-state index in [1.54, 1.807) is 36.0 Å².